The third-order valence-corrected chi connectivity index (χ3v) is 9.17. The number of benzene rings is 1. The summed E-state index contributed by atoms with van der Waals surface area (Å²) in [5.74, 6) is 2.74. The van der Waals surface area contributed by atoms with Crippen molar-refractivity contribution in [2.75, 3.05) is 0 Å². The summed E-state index contributed by atoms with van der Waals surface area (Å²) in [6.07, 6.45) is 9.02. The van der Waals surface area contributed by atoms with E-state index in [1.165, 1.54) is 24.0 Å². The monoisotopic (exact) mass is 512 g/mol. The van der Waals surface area contributed by atoms with Crippen LogP contribution in [-0.4, -0.2) is 10.9 Å². The standard InChI is InChI=1S/C35H60O2/c1-13-14-31(20-30-15-17-32(36)18-16-30)19-26(6)28(8)33(37)29(9)27(7)22-35(12,21-24(2)3)23-34(10,11)25(4)5/h15-19,24-25,27-29,31,36H,13-14,20-23H2,1-12H3. The molecule has 1 rings (SSSR count). The molecule has 0 aromatic heterocycles. The van der Waals surface area contributed by atoms with Gasteiger partial charge in [0.2, 0.25) is 0 Å². The molecule has 212 valence electrons. The van der Waals surface area contributed by atoms with Gasteiger partial charge in [0.25, 0.3) is 0 Å². The van der Waals surface area contributed by atoms with E-state index in [1.807, 2.05) is 12.1 Å². The van der Waals surface area contributed by atoms with Crippen molar-refractivity contribution >= 4 is 5.78 Å². The number of Topliss-reactive ketones (excluding diaryl/α,β-unsaturated/α-hetero) is 1. The lowest BCUT2D eigenvalue weighted by Crippen LogP contribution is -2.34. The highest BCUT2D eigenvalue weighted by Gasteiger charge is 2.38. The maximum absolute atomic E-state index is 13.7. The molecule has 1 aromatic rings. The van der Waals surface area contributed by atoms with E-state index in [1.54, 1.807) is 12.1 Å². The average molecular weight is 513 g/mol. The smallest absolute Gasteiger partial charge is 0.142 e. The molecule has 0 aliphatic heterocycles. The Bertz CT molecular complexity index is 845. The Kier molecular flexibility index (Phi) is 13.2. The van der Waals surface area contributed by atoms with E-state index in [0.717, 1.165) is 25.7 Å². The molecule has 1 N–H and O–H groups in total. The predicted octanol–water partition coefficient (Wildman–Crippen LogP) is 10.3. The van der Waals surface area contributed by atoms with Gasteiger partial charge in [-0.05, 0) is 91.2 Å². The van der Waals surface area contributed by atoms with Crippen molar-refractivity contribution in [2.24, 2.45) is 46.3 Å². The highest BCUT2D eigenvalue weighted by atomic mass is 16.3. The molecule has 0 fully saturated rings. The van der Waals surface area contributed by atoms with Gasteiger partial charge in [-0.25, -0.2) is 0 Å². The molecular formula is C35H60O2. The summed E-state index contributed by atoms with van der Waals surface area (Å²) in [5, 5.41) is 9.61. The summed E-state index contributed by atoms with van der Waals surface area (Å²) in [7, 11) is 0. The lowest BCUT2D eigenvalue weighted by molar-refractivity contribution is -0.126. The minimum atomic E-state index is -0.0555. The Labute approximate surface area is 230 Å². The molecule has 0 amide bonds. The van der Waals surface area contributed by atoms with E-state index in [0.29, 0.717) is 35.2 Å². The van der Waals surface area contributed by atoms with Crippen molar-refractivity contribution < 1.29 is 9.90 Å². The highest BCUT2D eigenvalue weighted by molar-refractivity contribution is 5.85. The number of phenolic OH excluding ortho intramolecular Hbond substituents is 1. The minimum Gasteiger partial charge on any atom is -0.508 e. The van der Waals surface area contributed by atoms with Crippen molar-refractivity contribution in [3.8, 4) is 5.75 Å². The topological polar surface area (TPSA) is 37.3 Å². The summed E-state index contributed by atoms with van der Waals surface area (Å²) in [5.41, 5.74) is 2.96. The largest absolute Gasteiger partial charge is 0.508 e. The summed E-state index contributed by atoms with van der Waals surface area (Å²) in [6.45, 7) is 27.6. The molecule has 0 aliphatic rings. The Balaban J connectivity index is 2.99. The normalized spacial score (nSPS) is 17.9. The predicted molar refractivity (Wildman–Crippen MR) is 162 cm³/mol. The number of phenols is 1. The molecule has 5 atom stereocenters. The van der Waals surface area contributed by atoms with Crippen molar-refractivity contribution in [3.05, 3.63) is 41.5 Å². The number of carbonyl (C=O) groups excluding carboxylic acids is 1. The Morgan fingerprint density at radius 1 is 0.946 bits per heavy atom. The first kappa shape index (κ1) is 33.5. The van der Waals surface area contributed by atoms with Crippen molar-refractivity contribution in [3.63, 3.8) is 0 Å². The van der Waals surface area contributed by atoms with Crippen LogP contribution in [0.3, 0.4) is 0 Å². The molecule has 0 spiro atoms. The maximum atomic E-state index is 13.7. The number of ketones is 1. The van der Waals surface area contributed by atoms with Crippen molar-refractivity contribution in [1.29, 1.82) is 0 Å². The van der Waals surface area contributed by atoms with E-state index in [4.69, 9.17) is 0 Å². The molecular weight excluding hydrogens is 452 g/mol. The Hall–Kier alpha value is -1.57. The van der Waals surface area contributed by atoms with Crippen LogP contribution in [0.5, 0.6) is 5.75 Å². The maximum Gasteiger partial charge on any atom is 0.142 e. The third-order valence-electron chi connectivity index (χ3n) is 9.17. The lowest BCUT2D eigenvalue weighted by Gasteiger charge is -2.43. The quantitative estimate of drug-likeness (QED) is 0.224. The lowest BCUT2D eigenvalue weighted by atomic mass is 9.62. The van der Waals surface area contributed by atoms with Gasteiger partial charge in [0.05, 0.1) is 0 Å². The van der Waals surface area contributed by atoms with E-state index in [9.17, 15) is 9.90 Å². The number of allylic oxidation sites excluding steroid dienone is 2. The molecule has 37 heavy (non-hydrogen) atoms. The van der Waals surface area contributed by atoms with Gasteiger partial charge in [0.15, 0.2) is 0 Å². The number of hydrogen-bond donors (Lipinski definition) is 1. The van der Waals surface area contributed by atoms with E-state index < -0.39 is 0 Å². The fourth-order valence-corrected chi connectivity index (χ4v) is 6.44. The molecule has 0 saturated carbocycles. The summed E-state index contributed by atoms with van der Waals surface area (Å²) >= 11 is 0. The molecule has 0 bridgehead atoms. The Morgan fingerprint density at radius 2 is 1.51 bits per heavy atom. The number of rotatable bonds is 16. The first-order valence-corrected chi connectivity index (χ1v) is 15.0. The van der Waals surface area contributed by atoms with Gasteiger partial charge in [0, 0.05) is 11.8 Å². The van der Waals surface area contributed by atoms with Crippen LogP contribution in [0.1, 0.15) is 121 Å². The first-order chi connectivity index (χ1) is 17.0. The van der Waals surface area contributed by atoms with Crippen molar-refractivity contribution in [1.82, 2.24) is 0 Å². The van der Waals surface area contributed by atoms with Crippen LogP contribution in [0.4, 0.5) is 0 Å². The van der Waals surface area contributed by atoms with Crippen LogP contribution in [0.2, 0.25) is 0 Å². The van der Waals surface area contributed by atoms with Gasteiger partial charge in [-0.15, -0.1) is 0 Å². The van der Waals surface area contributed by atoms with Gasteiger partial charge in [-0.1, -0.05) is 106 Å². The summed E-state index contributed by atoms with van der Waals surface area (Å²) < 4.78 is 0. The number of hydrogen-bond acceptors (Lipinski definition) is 2. The van der Waals surface area contributed by atoms with E-state index in [-0.39, 0.29) is 22.7 Å². The molecule has 5 unspecified atom stereocenters. The van der Waals surface area contributed by atoms with E-state index in [2.05, 4.69) is 89.2 Å². The third kappa shape index (κ3) is 11.0. The molecule has 0 heterocycles. The molecule has 0 radical (unpaired) electrons. The zero-order valence-electron chi connectivity index (χ0n) is 26.4. The van der Waals surface area contributed by atoms with Gasteiger partial charge >= 0.3 is 0 Å². The zero-order valence-corrected chi connectivity index (χ0v) is 26.4. The summed E-state index contributed by atoms with van der Waals surface area (Å²) in [4.78, 5) is 13.7. The second kappa shape index (κ2) is 14.5. The first-order valence-electron chi connectivity index (χ1n) is 15.0. The second-order valence-electron chi connectivity index (χ2n) is 14.2. The SMILES string of the molecule is CCCC(C=C(C)C(C)C(=O)C(C)C(C)CC(C)(CC(C)C)CC(C)(C)C(C)C)Cc1ccc(O)cc1. The van der Waals surface area contributed by atoms with Crippen LogP contribution < -0.4 is 0 Å². The van der Waals surface area contributed by atoms with Crippen molar-refractivity contribution in [2.45, 2.75) is 122 Å². The molecule has 2 heteroatoms. The zero-order chi connectivity index (χ0) is 28.6. The number of carbonyl (C=O) groups is 1. The van der Waals surface area contributed by atoms with Gasteiger partial charge in [-0.3, -0.25) is 4.79 Å². The second-order valence-corrected chi connectivity index (χ2v) is 14.2. The average Bonchev–Trinajstić information content (AvgIpc) is 2.77. The van der Waals surface area contributed by atoms with Gasteiger partial charge in [0.1, 0.15) is 11.5 Å². The van der Waals surface area contributed by atoms with Crippen LogP contribution >= 0.6 is 0 Å². The minimum absolute atomic E-state index is 0.0497. The van der Waals surface area contributed by atoms with Crippen LogP contribution in [0.15, 0.2) is 35.9 Å². The van der Waals surface area contributed by atoms with Crippen LogP contribution in [-0.2, 0) is 11.2 Å². The molecule has 2 nitrogen and oxygen atoms in total. The van der Waals surface area contributed by atoms with Gasteiger partial charge < -0.3 is 5.11 Å². The highest BCUT2D eigenvalue weighted by Crippen LogP contribution is 2.47. The van der Waals surface area contributed by atoms with E-state index >= 15 is 0 Å². The van der Waals surface area contributed by atoms with Crippen LogP contribution in [0.25, 0.3) is 0 Å². The summed E-state index contributed by atoms with van der Waals surface area (Å²) in [6, 6.07) is 7.54. The fourth-order valence-electron chi connectivity index (χ4n) is 6.44. The fraction of sp³-hybridized carbons (Fsp3) is 0.743. The molecule has 0 aliphatic carbocycles. The van der Waals surface area contributed by atoms with Gasteiger partial charge in [-0.2, -0.15) is 0 Å². The Morgan fingerprint density at radius 3 is 2.00 bits per heavy atom. The molecule has 1 aromatic carbocycles. The number of aromatic hydroxyl groups is 1. The molecule has 0 saturated heterocycles. The van der Waals surface area contributed by atoms with Crippen LogP contribution in [0, 0.1) is 46.3 Å².